The van der Waals surface area contributed by atoms with E-state index in [1.807, 2.05) is 6.92 Å². The SMILES string of the molecule is COCCOCCNC(=O)[C@@H]1CCCN1S(=O)(=O)c1ccc(C)cc1. The topological polar surface area (TPSA) is 84.9 Å². The van der Waals surface area contributed by atoms with Gasteiger partial charge in [-0.15, -0.1) is 0 Å². The summed E-state index contributed by atoms with van der Waals surface area (Å²) in [4.78, 5) is 12.6. The van der Waals surface area contributed by atoms with Crippen LogP contribution in [-0.2, 0) is 24.3 Å². The highest BCUT2D eigenvalue weighted by Crippen LogP contribution is 2.26. The molecule has 0 aromatic heterocycles. The van der Waals surface area contributed by atoms with Gasteiger partial charge in [0.15, 0.2) is 0 Å². The minimum Gasteiger partial charge on any atom is -0.382 e. The van der Waals surface area contributed by atoms with Crippen LogP contribution in [0, 0.1) is 6.92 Å². The van der Waals surface area contributed by atoms with E-state index in [2.05, 4.69) is 5.32 Å². The number of methoxy groups -OCH3 is 1. The van der Waals surface area contributed by atoms with Gasteiger partial charge < -0.3 is 14.8 Å². The number of benzene rings is 1. The van der Waals surface area contributed by atoms with Gasteiger partial charge in [-0.05, 0) is 31.9 Å². The van der Waals surface area contributed by atoms with E-state index in [1.165, 1.54) is 4.31 Å². The molecule has 140 valence electrons. The third-order valence-corrected chi connectivity index (χ3v) is 6.03. The van der Waals surface area contributed by atoms with Crippen LogP contribution < -0.4 is 5.32 Å². The molecule has 1 heterocycles. The van der Waals surface area contributed by atoms with E-state index in [9.17, 15) is 13.2 Å². The molecule has 0 bridgehead atoms. The zero-order valence-corrected chi connectivity index (χ0v) is 15.5. The first-order valence-electron chi connectivity index (χ1n) is 8.39. The summed E-state index contributed by atoms with van der Waals surface area (Å²) < 4.78 is 37.1. The van der Waals surface area contributed by atoms with E-state index in [0.29, 0.717) is 45.8 Å². The summed E-state index contributed by atoms with van der Waals surface area (Å²) in [5.74, 6) is -0.275. The Bertz CT molecular complexity index is 660. The first-order valence-corrected chi connectivity index (χ1v) is 9.83. The second kappa shape index (κ2) is 9.28. The summed E-state index contributed by atoms with van der Waals surface area (Å²) in [6, 6.07) is 6.03. The van der Waals surface area contributed by atoms with Crippen LogP contribution in [0.5, 0.6) is 0 Å². The van der Waals surface area contributed by atoms with Crippen molar-refractivity contribution in [3.05, 3.63) is 29.8 Å². The molecule has 0 saturated carbocycles. The van der Waals surface area contributed by atoms with E-state index in [-0.39, 0.29) is 10.8 Å². The lowest BCUT2D eigenvalue weighted by atomic mass is 10.2. The summed E-state index contributed by atoms with van der Waals surface area (Å²) in [6.45, 7) is 3.93. The minimum atomic E-state index is -3.67. The Kier molecular flexibility index (Phi) is 7.37. The van der Waals surface area contributed by atoms with Crippen LogP contribution in [0.4, 0.5) is 0 Å². The highest BCUT2D eigenvalue weighted by atomic mass is 32.2. The predicted molar refractivity (Wildman–Crippen MR) is 93.8 cm³/mol. The zero-order valence-electron chi connectivity index (χ0n) is 14.7. The fourth-order valence-corrected chi connectivity index (χ4v) is 4.40. The maximum absolute atomic E-state index is 12.8. The summed E-state index contributed by atoms with van der Waals surface area (Å²) in [5.41, 5.74) is 0.989. The summed E-state index contributed by atoms with van der Waals surface area (Å²) in [5, 5.41) is 2.75. The number of amides is 1. The molecule has 0 aliphatic carbocycles. The quantitative estimate of drug-likeness (QED) is 0.654. The minimum absolute atomic E-state index is 0.223. The second-order valence-electron chi connectivity index (χ2n) is 5.98. The first kappa shape index (κ1) is 19.8. The molecule has 1 fully saturated rings. The molecular weight excluding hydrogens is 344 g/mol. The molecule has 0 radical (unpaired) electrons. The van der Waals surface area contributed by atoms with E-state index >= 15 is 0 Å². The van der Waals surface area contributed by atoms with Crippen LogP contribution in [0.25, 0.3) is 0 Å². The van der Waals surface area contributed by atoms with Crippen molar-refractivity contribution < 1.29 is 22.7 Å². The Hall–Kier alpha value is -1.48. The van der Waals surface area contributed by atoms with E-state index < -0.39 is 16.1 Å². The standard InChI is InChI=1S/C17H26N2O5S/c1-14-5-7-15(8-6-14)25(21,22)19-10-3-4-16(19)17(20)18-9-11-24-13-12-23-2/h5-8,16H,3-4,9-13H2,1-2H3,(H,18,20)/t16-/m0/s1. The van der Waals surface area contributed by atoms with Crippen LogP contribution in [0.2, 0.25) is 0 Å². The fourth-order valence-electron chi connectivity index (χ4n) is 2.74. The van der Waals surface area contributed by atoms with Crippen molar-refractivity contribution in [2.24, 2.45) is 0 Å². The van der Waals surface area contributed by atoms with Gasteiger partial charge in [-0.1, -0.05) is 17.7 Å². The smallest absolute Gasteiger partial charge is 0.243 e. The molecule has 1 aliphatic rings. The molecule has 25 heavy (non-hydrogen) atoms. The summed E-state index contributed by atoms with van der Waals surface area (Å²) in [7, 11) is -2.08. The normalized spacial score (nSPS) is 18.4. The molecule has 1 N–H and O–H groups in total. The van der Waals surface area contributed by atoms with Gasteiger partial charge >= 0.3 is 0 Å². The molecule has 1 aliphatic heterocycles. The number of hydrogen-bond acceptors (Lipinski definition) is 5. The molecule has 7 nitrogen and oxygen atoms in total. The summed E-state index contributed by atoms with van der Waals surface area (Å²) in [6.07, 6.45) is 1.20. The number of nitrogens with zero attached hydrogens (tertiary/aromatic N) is 1. The second-order valence-corrected chi connectivity index (χ2v) is 7.87. The Morgan fingerprint density at radius 1 is 1.24 bits per heavy atom. The third kappa shape index (κ3) is 5.24. The Labute approximate surface area is 149 Å². The van der Waals surface area contributed by atoms with E-state index in [4.69, 9.17) is 9.47 Å². The lowest BCUT2D eigenvalue weighted by molar-refractivity contribution is -0.124. The number of hydrogen-bond donors (Lipinski definition) is 1. The Morgan fingerprint density at radius 3 is 2.64 bits per heavy atom. The Morgan fingerprint density at radius 2 is 1.96 bits per heavy atom. The highest BCUT2D eigenvalue weighted by molar-refractivity contribution is 7.89. The number of carbonyl (C=O) groups is 1. The van der Waals surface area contributed by atoms with Gasteiger partial charge in [-0.3, -0.25) is 4.79 Å². The Balaban J connectivity index is 1.94. The van der Waals surface area contributed by atoms with Crippen molar-refractivity contribution >= 4 is 15.9 Å². The highest BCUT2D eigenvalue weighted by Gasteiger charge is 2.39. The molecule has 1 atom stereocenters. The average Bonchev–Trinajstić information content (AvgIpc) is 3.09. The van der Waals surface area contributed by atoms with Crippen LogP contribution in [0.15, 0.2) is 29.2 Å². The maximum atomic E-state index is 12.8. The lowest BCUT2D eigenvalue weighted by Crippen LogP contribution is -2.46. The lowest BCUT2D eigenvalue weighted by Gasteiger charge is -2.23. The van der Waals surface area contributed by atoms with Crippen LogP contribution in [-0.4, -0.2) is 64.7 Å². The number of nitrogens with one attached hydrogen (secondary N) is 1. The van der Waals surface area contributed by atoms with Gasteiger partial charge in [0.2, 0.25) is 15.9 Å². The molecule has 0 spiro atoms. The van der Waals surface area contributed by atoms with Gasteiger partial charge in [0.1, 0.15) is 6.04 Å². The molecule has 1 amide bonds. The summed E-state index contributed by atoms with van der Waals surface area (Å²) >= 11 is 0. The van der Waals surface area contributed by atoms with Crippen LogP contribution in [0.3, 0.4) is 0 Å². The predicted octanol–water partition coefficient (Wildman–Crippen LogP) is 0.927. The maximum Gasteiger partial charge on any atom is 0.243 e. The molecular formula is C17H26N2O5S. The average molecular weight is 370 g/mol. The first-order chi connectivity index (χ1) is 12.0. The monoisotopic (exact) mass is 370 g/mol. The third-order valence-electron chi connectivity index (χ3n) is 4.11. The van der Waals surface area contributed by atoms with Crippen molar-refractivity contribution in [3.8, 4) is 0 Å². The van der Waals surface area contributed by atoms with Crippen molar-refractivity contribution in [2.45, 2.75) is 30.7 Å². The number of carbonyl (C=O) groups excluding carboxylic acids is 1. The molecule has 0 unspecified atom stereocenters. The van der Waals surface area contributed by atoms with Gasteiger partial charge in [-0.25, -0.2) is 8.42 Å². The van der Waals surface area contributed by atoms with Gasteiger partial charge in [0.25, 0.3) is 0 Å². The number of rotatable bonds is 9. The van der Waals surface area contributed by atoms with Gasteiger partial charge in [0, 0.05) is 20.2 Å². The number of aryl methyl sites for hydroxylation is 1. The molecule has 1 aromatic carbocycles. The largest absolute Gasteiger partial charge is 0.382 e. The fraction of sp³-hybridized carbons (Fsp3) is 0.588. The van der Waals surface area contributed by atoms with Crippen molar-refractivity contribution in [3.63, 3.8) is 0 Å². The van der Waals surface area contributed by atoms with E-state index in [0.717, 1.165) is 5.56 Å². The molecule has 1 aromatic rings. The zero-order chi connectivity index (χ0) is 18.3. The molecule has 1 saturated heterocycles. The van der Waals surface area contributed by atoms with Crippen LogP contribution >= 0.6 is 0 Å². The van der Waals surface area contributed by atoms with Crippen LogP contribution in [0.1, 0.15) is 18.4 Å². The number of ether oxygens (including phenoxy) is 2. The van der Waals surface area contributed by atoms with E-state index in [1.54, 1.807) is 31.4 Å². The number of sulfonamides is 1. The van der Waals surface area contributed by atoms with Crippen molar-refractivity contribution in [1.82, 2.24) is 9.62 Å². The molecule has 8 heteroatoms. The van der Waals surface area contributed by atoms with Crippen molar-refractivity contribution in [1.29, 1.82) is 0 Å². The molecule has 2 rings (SSSR count). The van der Waals surface area contributed by atoms with Gasteiger partial charge in [0.05, 0.1) is 24.7 Å². The van der Waals surface area contributed by atoms with Gasteiger partial charge in [-0.2, -0.15) is 4.31 Å². The van der Waals surface area contributed by atoms with Crippen molar-refractivity contribution in [2.75, 3.05) is 40.0 Å².